The lowest BCUT2D eigenvalue weighted by molar-refractivity contribution is -0.121. The molecule has 0 aliphatic heterocycles. The van der Waals surface area contributed by atoms with Crippen LogP contribution in [0.4, 0.5) is 0 Å². The highest BCUT2D eigenvalue weighted by Gasteiger charge is 2.02. The Morgan fingerprint density at radius 2 is 1.13 bits per heavy atom. The minimum Gasteiger partial charge on any atom is -0.508 e. The SMILES string of the molecule is O=C(CCCCCCCC(=O)NN=Cc1cccc(O)c1)NN=Cc1cccc(O)c1. The van der Waals surface area contributed by atoms with Crippen molar-refractivity contribution in [2.45, 2.75) is 44.9 Å². The van der Waals surface area contributed by atoms with Gasteiger partial charge in [0.25, 0.3) is 0 Å². The summed E-state index contributed by atoms with van der Waals surface area (Å²) >= 11 is 0. The second kappa shape index (κ2) is 13.5. The van der Waals surface area contributed by atoms with Gasteiger partial charge in [-0.1, -0.05) is 43.5 Å². The Labute approximate surface area is 181 Å². The Kier molecular flexibility index (Phi) is 10.3. The molecule has 0 bridgehead atoms. The Balaban J connectivity index is 1.47. The number of amides is 2. The third-order valence-corrected chi connectivity index (χ3v) is 4.35. The number of hydrogen-bond acceptors (Lipinski definition) is 6. The van der Waals surface area contributed by atoms with Crippen molar-refractivity contribution in [1.29, 1.82) is 0 Å². The Morgan fingerprint density at radius 3 is 1.55 bits per heavy atom. The van der Waals surface area contributed by atoms with E-state index < -0.39 is 0 Å². The summed E-state index contributed by atoms with van der Waals surface area (Å²) in [6.07, 6.45) is 8.01. The Bertz CT molecular complexity index is 838. The third-order valence-electron chi connectivity index (χ3n) is 4.35. The molecule has 164 valence electrons. The van der Waals surface area contributed by atoms with Crippen molar-refractivity contribution in [2.24, 2.45) is 10.2 Å². The highest BCUT2D eigenvalue weighted by atomic mass is 16.3. The molecule has 2 aromatic rings. The van der Waals surface area contributed by atoms with Crippen LogP contribution < -0.4 is 10.9 Å². The van der Waals surface area contributed by atoms with E-state index in [1.54, 1.807) is 48.5 Å². The number of rotatable bonds is 12. The summed E-state index contributed by atoms with van der Waals surface area (Å²) in [5.41, 5.74) is 6.35. The fourth-order valence-corrected chi connectivity index (χ4v) is 2.78. The summed E-state index contributed by atoms with van der Waals surface area (Å²) in [5, 5.41) is 26.5. The molecule has 4 N–H and O–H groups in total. The summed E-state index contributed by atoms with van der Waals surface area (Å²) in [6.45, 7) is 0. The first kappa shape index (κ1) is 23.6. The van der Waals surface area contributed by atoms with Crippen molar-refractivity contribution in [1.82, 2.24) is 10.9 Å². The molecule has 31 heavy (non-hydrogen) atoms. The van der Waals surface area contributed by atoms with Gasteiger partial charge in [-0.3, -0.25) is 9.59 Å². The molecule has 0 aromatic heterocycles. The van der Waals surface area contributed by atoms with E-state index in [4.69, 9.17) is 0 Å². The summed E-state index contributed by atoms with van der Waals surface area (Å²) in [6, 6.07) is 13.2. The first-order valence-electron chi connectivity index (χ1n) is 10.2. The zero-order chi connectivity index (χ0) is 22.3. The molecule has 8 nitrogen and oxygen atoms in total. The van der Waals surface area contributed by atoms with Crippen molar-refractivity contribution in [3.63, 3.8) is 0 Å². The summed E-state index contributed by atoms with van der Waals surface area (Å²) in [5.74, 6) is -0.0108. The van der Waals surface area contributed by atoms with Crippen LogP contribution in [0.5, 0.6) is 11.5 Å². The molecule has 0 aliphatic rings. The molecule has 2 aromatic carbocycles. The number of hydrogen-bond donors (Lipinski definition) is 4. The lowest BCUT2D eigenvalue weighted by atomic mass is 10.1. The molecule has 0 spiro atoms. The van der Waals surface area contributed by atoms with Gasteiger partial charge in [0, 0.05) is 12.8 Å². The molecular formula is C23H28N4O4. The normalized spacial score (nSPS) is 11.1. The lowest BCUT2D eigenvalue weighted by Crippen LogP contribution is -2.17. The molecule has 0 atom stereocenters. The monoisotopic (exact) mass is 424 g/mol. The fourth-order valence-electron chi connectivity index (χ4n) is 2.78. The van der Waals surface area contributed by atoms with Crippen LogP contribution >= 0.6 is 0 Å². The Hall–Kier alpha value is -3.68. The van der Waals surface area contributed by atoms with Gasteiger partial charge in [0.15, 0.2) is 0 Å². The predicted molar refractivity (Wildman–Crippen MR) is 120 cm³/mol. The summed E-state index contributed by atoms with van der Waals surface area (Å²) < 4.78 is 0. The van der Waals surface area contributed by atoms with Crippen molar-refractivity contribution in [2.75, 3.05) is 0 Å². The smallest absolute Gasteiger partial charge is 0.240 e. The molecule has 0 saturated heterocycles. The molecule has 8 heteroatoms. The number of unbranched alkanes of at least 4 members (excludes halogenated alkanes) is 4. The van der Waals surface area contributed by atoms with Crippen LogP contribution in [-0.2, 0) is 9.59 Å². The van der Waals surface area contributed by atoms with Crippen LogP contribution in [-0.4, -0.2) is 34.5 Å². The van der Waals surface area contributed by atoms with Gasteiger partial charge < -0.3 is 10.2 Å². The van der Waals surface area contributed by atoms with E-state index in [-0.39, 0.29) is 23.3 Å². The van der Waals surface area contributed by atoms with Gasteiger partial charge in [0.2, 0.25) is 11.8 Å². The van der Waals surface area contributed by atoms with Crippen molar-refractivity contribution >= 4 is 24.2 Å². The quantitative estimate of drug-likeness (QED) is 0.237. The first-order chi connectivity index (χ1) is 15.0. The molecular weight excluding hydrogens is 396 g/mol. The van der Waals surface area contributed by atoms with Crippen LogP contribution in [0, 0.1) is 0 Å². The Morgan fingerprint density at radius 1 is 0.710 bits per heavy atom. The number of benzene rings is 2. The molecule has 0 radical (unpaired) electrons. The van der Waals surface area contributed by atoms with Crippen LogP contribution in [0.15, 0.2) is 58.7 Å². The van der Waals surface area contributed by atoms with E-state index in [0.717, 1.165) is 32.1 Å². The largest absolute Gasteiger partial charge is 0.508 e. The topological polar surface area (TPSA) is 123 Å². The molecule has 0 heterocycles. The number of carbonyl (C=O) groups is 2. The molecule has 0 saturated carbocycles. The fraction of sp³-hybridized carbons (Fsp3) is 0.304. The molecule has 2 rings (SSSR count). The van der Waals surface area contributed by atoms with Crippen molar-refractivity contribution < 1.29 is 19.8 Å². The zero-order valence-electron chi connectivity index (χ0n) is 17.3. The van der Waals surface area contributed by atoms with Gasteiger partial charge in [-0.2, -0.15) is 10.2 Å². The first-order valence-corrected chi connectivity index (χ1v) is 10.2. The van der Waals surface area contributed by atoms with E-state index in [1.807, 2.05) is 0 Å². The van der Waals surface area contributed by atoms with Crippen LogP contribution in [0.25, 0.3) is 0 Å². The molecule has 0 fully saturated rings. The van der Waals surface area contributed by atoms with E-state index in [1.165, 1.54) is 12.4 Å². The van der Waals surface area contributed by atoms with Crippen LogP contribution in [0.1, 0.15) is 56.1 Å². The number of phenols is 2. The zero-order valence-corrected chi connectivity index (χ0v) is 17.3. The van der Waals surface area contributed by atoms with Gasteiger partial charge >= 0.3 is 0 Å². The predicted octanol–water partition coefficient (Wildman–Crippen LogP) is 3.43. The third kappa shape index (κ3) is 10.6. The van der Waals surface area contributed by atoms with Gasteiger partial charge in [-0.25, -0.2) is 10.9 Å². The average Bonchev–Trinajstić information content (AvgIpc) is 2.73. The number of aromatic hydroxyl groups is 2. The average molecular weight is 425 g/mol. The van der Waals surface area contributed by atoms with E-state index in [9.17, 15) is 19.8 Å². The summed E-state index contributed by atoms with van der Waals surface area (Å²) in [7, 11) is 0. The van der Waals surface area contributed by atoms with Crippen molar-refractivity contribution in [3.8, 4) is 11.5 Å². The van der Waals surface area contributed by atoms with Gasteiger partial charge in [-0.15, -0.1) is 0 Å². The highest BCUT2D eigenvalue weighted by molar-refractivity contribution is 5.83. The van der Waals surface area contributed by atoms with Crippen LogP contribution in [0.3, 0.4) is 0 Å². The maximum absolute atomic E-state index is 11.7. The van der Waals surface area contributed by atoms with E-state index in [0.29, 0.717) is 24.0 Å². The second-order valence-corrected chi connectivity index (χ2v) is 7.04. The van der Waals surface area contributed by atoms with Gasteiger partial charge in [0.05, 0.1) is 12.4 Å². The number of phenolic OH excluding ortho intramolecular Hbond substituents is 2. The standard InChI is InChI=1S/C23H28N4O4/c28-20-10-6-8-18(14-20)16-24-26-22(30)12-4-2-1-3-5-13-23(31)27-25-17-19-9-7-11-21(29)15-19/h6-11,14-17,28-29H,1-5,12-13H2,(H,26,30)(H,27,31). The van der Waals surface area contributed by atoms with Gasteiger partial charge in [-0.05, 0) is 48.2 Å². The number of hydrazone groups is 2. The maximum atomic E-state index is 11.7. The van der Waals surface area contributed by atoms with Gasteiger partial charge in [0.1, 0.15) is 11.5 Å². The minimum atomic E-state index is -0.152. The minimum absolute atomic E-state index is 0.147. The maximum Gasteiger partial charge on any atom is 0.240 e. The highest BCUT2D eigenvalue weighted by Crippen LogP contribution is 2.10. The molecule has 2 amide bonds. The van der Waals surface area contributed by atoms with Crippen LogP contribution in [0.2, 0.25) is 0 Å². The summed E-state index contributed by atoms with van der Waals surface area (Å²) in [4.78, 5) is 23.5. The molecule has 0 aliphatic carbocycles. The van der Waals surface area contributed by atoms with E-state index in [2.05, 4.69) is 21.1 Å². The molecule has 0 unspecified atom stereocenters. The second-order valence-electron chi connectivity index (χ2n) is 7.04. The van der Waals surface area contributed by atoms with E-state index >= 15 is 0 Å². The van der Waals surface area contributed by atoms with Crippen molar-refractivity contribution in [3.05, 3.63) is 59.7 Å². The lowest BCUT2D eigenvalue weighted by Gasteiger charge is -2.02. The number of carbonyl (C=O) groups excluding carboxylic acids is 2. The number of nitrogens with zero attached hydrogens (tertiary/aromatic N) is 2. The number of nitrogens with one attached hydrogen (secondary N) is 2.